The maximum Gasteiger partial charge on any atom is 0.219 e. The number of rotatable bonds is 15. The standard InChI is InChI=1S/C36H49N5O6/c1-25-36(47-24-37-25)23-46-34-7-5-28-21-40(12-9-27(28)19-34)22-33(43)6-8-35(44)29-17-31(20-32(18-29)39(3)15-16-45-4)38-30-10-13-41(14-11-30)26(2)42/h5,7,17-20,24,30,33,38,43H,6,8-16,21-23H2,1-4H3. The first kappa shape index (κ1) is 34.4. The largest absolute Gasteiger partial charge is 0.486 e. The molecule has 0 bridgehead atoms. The molecule has 3 aromatic rings. The zero-order valence-electron chi connectivity index (χ0n) is 28.2. The van der Waals surface area contributed by atoms with Gasteiger partial charge in [-0.25, -0.2) is 4.98 Å². The Morgan fingerprint density at radius 1 is 1.15 bits per heavy atom. The fourth-order valence-corrected chi connectivity index (χ4v) is 6.29. The van der Waals surface area contributed by atoms with E-state index in [-0.39, 0.29) is 24.2 Å². The van der Waals surface area contributed by atoms with Crippen molar-refractivity contribution in [1.82, 2.24) is 14.8 Å². The van der Waals surface area contributed by atoms with Crippen LogP contribution in [-0.2, 0) is 29.1 Å². The second-order valence-electron chi connectivity index (χ2n) is 12.8. The third kappa shape index (κ3) is 9.56. The molecule has 1 amide bonds. The number of hydrogen-bond donors (Lipinski definition) is 2. The van der Waals surface area contributed by atoms with Crippen molar-refractivity contribution < 1.29 is 28.6 Å². The minimum Gasteiger partial charge on any atom is -0.486 e. The molecule has 1 unspecified atom stereocenters. The number of oxazole rings is 1. The van der Waals surface area contributed by atoms with Gasteiger partial charge in [0.15, 0.2) is 17.9 Å². The van der Waals surface area contributed by atoms with Gasteiger partial charge in [-0.15, -0.1) is 0 Å². The summed E-state index contributed by atoms with van der Waals surface area (Å²) in [6, 6.07) is 12.3. The number of aliphatic hydroxyl groups excluding tert-OH is 1. The maximum absolute atomic E-state index is 13.5. The van der Waals surface area contributed by atoms with Crippen LogP contribution in [0.3, 0.4) is 0 Å². The van der Waals surface area contributed by atoms with Gasteiger partial charge in [-0.05, 0) is 74.1 Å². The second kappa shape index (κ2) is 16.3. The number of amides is 1. The molecule has 2 aromatic carbocycles. The van der Waals surface area contributed by atoms with Crippen LogP contribution in [0.4, 0.5) is 11.4 Å². The number of β-amino-alcohol motifs (C(OH)–C–C–N with tert-alkyl or cyclic N) is 1. The number of likely N-dealkylation sites (N-methyl/N-ethyl adjacent to an activating group) is 1. The molecule has 2 aliphatic heterocycles. The predicted molar refractivity (Wildman–Crippen MR) is 181 cm³/mol. The first-order valence-electron chi connectivity index (χ1n) is 16.6. The Morgan fingerprint density at radius 3 is 2.68 bits per heavy atom. The molecule has 1 saturated heterocycles. The number of benzene rings is 2. The summed E-state index contributed by atoms with van der Waals surface area (Å²) in [5.41, 5.74) is 5.77. The van der Waals surface area contributed by atoms with Crippen molar-refractivity contribution in [2.24, 2.45) is 0 Å². The molecule has 47 heavy (non-hydrogen) atoms. The van der Waals surface area contributed by atoms with Crippen LogP contribution < -0.4 is 15.0 Å². The molecule has 1 fully saturated rings. The topological polar surface area (TPSA) is 121 Å². The number of hydrogen-bond acceptors (Lipinski definition) is 10. The van der Waals surface area contributed by atoms with Gasteiger partial charge in [0.2, 0.25) is 5.91 Å². The van der Waals surface area contributed by atoms with Crippen LogP contribution in [0, 0.1) is 6.92 Å². The van der Waals surface area contributed by atoms with Crippen LogP contribution in [0.15, 0.2) is 47.2 Å². The number of nitrogens with zero attached hydrogens (tertiary/aromatic N) is 4. The second-order valence-corrected chi connectivity index (χ2v) is 12.8. The molecule has 5 rings (SSSR count). The van der Waals surface area contributed by atoms with Gasteiger partial charge < -0.3 is 34.1 Å². The lowest BCUT2D eigenvalue weighted by Gasteiger charge is -2.32. The molecule has 0 spiro atoms. The van der Waals surface area contributed by atoms with Crippen LogP contribution in [0.5, 0.6) is 5.75 Å². The molecule has 2 aliphatic rings. The van der Waals surface area contributed by atoms with Crippen molar-refractivity contribution in [1.29, 1.82) is 0 Å². The van der Waals surface area contributed by atoms with Crippen LogP contribution in [-0.4, -0.2) is 97.2 Å². The zero-order valence-corrected chi connectivity index (χ0v) is 28.2. The van der Waals surface area contributed by atoms with Gasteiger partial charge in [0.1, 0.15) is 12.4 Å². The Bertz CT molecular complexity index is 1500. The third-order valence-corrected chi connectivity index (χ3v) is 9.28. The number of carbonyl (C=O) groups is 2. The fraction of sp³-hybridized carbons (Fsp3) is 0.528. The SMILES string of the molecule is COCCN(C)c1cc(NC2CCN(C(C)=O)CC2)cc(C(=O)CCC(O)CN2CCc3cc(OCc4ocnc4C)ccc3C2)c1. The zero-order chi connectivity index (χ0) is 33.3. The van der Waals surface area contributed by atoms with Gasteiger partial charge in [0.25, 0.3) is 0 Å². The summed E-state index contributed by atoms with van der Waals surface area (Å²) in [5.74, 6) is 1.65. The highest BCUT2D eigenvalue weighted by Crippen LogP contribution is 2.27. The van der Waals surface area contributed by atoms with Gasteiger partial charge in [-0.1, -0.05) is 6.07 Å². The van der Waals surface area contributed by atoms with Crippen LogP contribution in [0.25, 0.3) is 0 Å². The number of methoxy groups -OCH3 is 1. The number of ether oxygens (including phenoxy) is 2. The highest BCUT2D eigenvalue weighted by molar-refractivity contribution is 5.98. The number of aliphatic hydroxyl groups is 1. The Kier molecular flexibility index (Phi) is 11.9. The average molecular weight is 648 g/mol. The number of ketones is 1. The number of anilines is 2. The summed E-state index contributed by atoms with van der Waals surface area (Å²) in [6.07, 6.45) is 4.07. The summed E-state index contributed by atoms with van der Waals surface area (Å²) in [7, 11) is 3.67. The van der Waals surface area contributed by atoms with Crippen molar-refractivity contribution in [3.63, 3.8) is 0 Å². The van der Waals surface area contributed by atoms with E-state index in [0.29, 0.717) is 38.3 Å². The number of fused-ring (bicyclic) bond motifs is 1. The Morgan fingerprint density at radius 2 is 1.96 bits per heavy atom. The van der Waals surface area contributed by atoms with E-state index in [1.807, 2.05) is 37.1 Å². The monoisotopic (exact) mass is 647 g/mol. The summed E-state index contributed by atoms with van der Waals surface area (Å²) >= 11 is 0. The Balaban J connectivity index is 1.14. The summed E-state index contributed by atoms with van der Waals surface area (Å²) in [4.78, 5) is 35.5. The molecule has 0 radical (unpaired) electrons. The van der Waals surface area contributed by atoms with Gasteiger partial charge in [-0.2, -0.15) is 0 Å². The first-order valence-corrected chi connectivity index (χ1v) is 16.6. The average Bonchev–Trinajstić information content (AvgIpc) is 3.49. The number of Topliss-reactive ketones (excluding diaryl/α,β-unsaturated/α-hetero) is 1. The molecule has 0 aliphatic carbocycles. The van der Waals surface area contributed by atoms with Crippen LogP contribution in [0.1, 0.15) is 65.5 Å². The number of likely N-dealkylation sites (tertiary alicyclic amines) is 1. The van der Waals surface area contributed by atoms with E-state index in [1.54, 1.807) is 14.0 Å². The fourth-order valence-electron chi connectivity index (χ4n) is 6.29. The van der Waals surface area contributed by atoms with E-state index < -0.39 is 6.10 Å². The van der Waals surface area contributed by atoms with E-state index in [0.717, 1.165) is 74.0 Å². The molecule has 1 aromatic heterocycles. The van der Waals surface area contributed by atoms with E-state index in [9.17, 15) is 14.7 Å². The molecule has 1 atom stereocenters. The Labute approximate surface area is 277 Å². The lowest BCUT2D eigenvalue weighted by molar-refractivity contribution is -0.129. The summed E-state index contributed by atoms with van der Waals surface area (Å²) in [5, 5.41) is 14.6. The highest BCUT2D eigenvalue weighted by Gasteiger charge is 2.23. The molecule has 254 valence electrons. The van der Waals surface area contributed by atoms with Crippen molar-refractivity contribution in [2.45, 2.75) is 71.2 Å². The highest BCUT2D eigenvalue weighted by atomic mass is 16.5. The van der Waals surface area contributed by atoms with E-state index in [2.05, 4.69) is 38.3 Å². The van der Waals surface area contributed by atoms with Crippen molar-refractivity contribution in [3.8, 4) is 5.75 Å². The smallest absolute Gasteiger partial charge is 0.219 e. The normalized spacial score (nSPS) is 16.1. The molecular formula is C36H49N5O6. The number of carbonyl (C=O) groups excluding carboxylic acids is 2. The lowest BCUT2D eigenvalue weighted by Crippen LogP contribution is -2.41. The quantitative estimate of drug-likeness (QED) is 0.229. The molecule has 0 saturated carbocycles. The van der Waals surface area contributed by atoms with Crippen LogP contribution in [0.2, 0.25) is 0 Å². The molecule has 11 nitrogen and oxygen atoms in total. The van der Waals surface area contributed by atoms with Gasteiger partial charge in [-0.3, -0.25) is 14.5 Å². The van der Waals surface area contributed by atoms with Gasteiger partial charge >= 0.3 is 0 Å². The minimum absolute atomic E-state index is 0.0116. The molecular weight excluding hydrogens is 598 g/mol. The number of nitrogens with one attached hydrogen (secondary N) is 1. The molecule has 3 heterocycles. The van der Waals surface area contributed by atoms with E-state index in [1.165, 1.54) is 17.5 Å². The maximum atomic E-state index is 13.5. The third-order valence-electron chi connectivity index (χ3n) is 9.28. The van der Waals surface area contributed by atoms with E-state index >= 15 is 0 Å². The van der Waals surface area contributed by atoms with Crippen molar-refractivity contribution in [3.05, 3.63) is 70.9 Å². The first-order chi connectivity index (χ1) is 22.7. The number of piperidine rings is 1. The van der Waals surface area contributed by atoms with Gasteiger partial charge in [0, 0.05) is 89.8 Å². The van der Waals surface area contributed by atoms with Gasteiger partial charge in [0.05, 0.1) is 18.4 Å². The lowest BCUT2D eigenvalue weighted by atomic mass is 9.98. The number of aryl methyl sites for hydroxylation is 1. The summed E-state index contributed by atoms with van der Waals surface area (Å²) < 4.78 is 16.6. The molecule has 11 heteroatoms. The van der Waals surface area contributed by atoms with Crippen molar-refractivity contribution in [2.75, 3.05) is 63.7 Å². The minimum atomic E-state index is -0.607. The summed E-state index contributed by atoms with van der Waals surface area (Å²) in [6.45, 7) is 8.68. The molecule has 2 N–H and O–H groups in total. The van der Waals surface area contributed by atoms with Crippen LogP contribution >= 0.6 is 0 Å². The predicted octanol–water partition coefficient (Wildman–Crippen LogP) is 4.45. The Hall–Kier alpha value is -3.93. The number of aromatic nitrogens is 1. The van der Waals surface area contributed by atoms with E-state index in [4.69, 9.17) is 13.9 Å². The van der Waals surface area contributed by atoms with Crippen molar-refractivity contribution >= 4 is 23.1 Å².